The molecule has 0 fully saturated rings. The van der Waals surface area contributed by atoms with Crippen molar-refractivity contribution in [1.29, 1.82) is 0 Å². The maximum absolute atomic E-state index is 11.3. The number of unbranched alkanes of at least 4 members (excludes halogenated alkanes) is 7. The number of aryl methyl sites for hydroxylation is 1. The molecule has 146 valence electrons. The first-order valence-corrected chi connectivity index (χ1v) is 9.85. The van der Waals surface area contributed by atoms with Crippen LogP contribution in [0.15, 0.2) is 36.4 Å². The highest BCUT2D eigenvalue weighted by atomic mass is 16.6. The van der Waals surface area contributed by atoms with Crippen molar-refractivity contribution in [2.45, 2.75) is 64.7 Å². The molecule has 0 atom stereocenters. The minimum Gasteiger partial charge on any atom is -0.490 e. The Morgan fingerprint density at radius 3 is 2.19 bits per heavy atom. The molecule has 1 aromatic rings. The summed E-state index contributed by atoms with van der Waals surface area (Å²) in [6, 6.07) is 8.09. The first-order valence-electron chi connectivity index (χ1n) is 9.85. The van der Waals surface area contributed by atoms with E-state index in [2.05, 4.69) is 25.6 Å². The Labute approximate surface area is 158 Å². The van der Waals surface area contributed by atoms with Crippen LogP contribution in [0.2, 0.25) is 0 Å². The van der Waals surface area contributed by atoms with Crippen LogP contribution in [0.25, 0.3) is 0 Å². The van der Waals surface area contributed by atoms with Gasteiger partial charge in [-0.3, -0.25) is 0 Å². The SMILES string of the molecule is C=C(CO)C(=O)OCCOc1ccc(CCCCCCCCCC)cc1. The third-order valence-electron chi connectivity index (χ3n) is 4.31. The van der Waals surface area contributed by atoms with Crippen LogP contribution in [0, 0.1) is 0 Å². The summed E-state index contributed by atoms with van der Waals surface area (Å²) in [6.07, 6.45) is 11.8. The summed E-state index contributed by atoms with van der Waals surface area (Å²) in [7, 11) is 0. The van der Waals surface area contributed by atoms with Gasteiger partial charge in [0.15, 0.2) is 0 Å². The molecule has 4 nitrogen and oxygen atoms in total. The van der Waals surface area contributed by atoms with E-state index in [4.69, 9.17) is 14.6 Å². The Bertz CT molecular complexity index is 507. The number of carbonyl (C=O) groups excluding carboxylic acids is 1. The van der Waals surface area contributed by atoms with Gasteiger partial charge in [-0.2, -0.15) is 0 Å². The second kappa shape index (κ2) is 14.4. The standard InChI is InChI=1S/C22H34O4/c1-3-4-5-6-7-8-9-10-11-20-12-14-21(15-13-20)25-16-17-26-22(24)19(2)18-23/h12-15,23H,2-11,16-18H2,1H3. The van der Waals surface area contributed by atoms with E-state index in [0.29, 0.717) is 0 Å². The van der Waals surface area contributed by atoms with E-state index in [1.807, 2.05) is 12.1 Å². The van der Waals surface area contributed by atoms with Gasteiger partial charge in [0, 0.05) is 0 Å². The molecule has 0 aliphatic heterocycles. The molecule has 0 bridgehead atoms. The van der Waals surface area contributed by atoms with Crippen LogP contribution in [0.5, 0.6) is 5.75 Å². The molecule has 0 aliphatic rings. The van der Waals surface area contributed by atoms with Gasteiger partial charge < -0.3 is 14.6 Å². The summed E-state index contributed by atoms with van der Waals surface area (Å²) >= 11 is 0. The predicted molar refractivity (Wildman–Crippen MR) is 105 cm³/mol. The predicted octanol–water partition coefficient (Wildman–Crippen LogP) is 4.84. The molecule has 0 amide bonds. The quantitative estimate of drug-likeness (QED) is 0.275. The zero-order chi connectivity index (χ0) is 19.0. The van der Waals surface area contributed by atoms with Crippen molar-refractivity contribution in [2.75, 3.05) is 19.8 Å². The average Bonchev–Trinajstić information content (AvgIpc) is 2.67. The van der Waals surface area contributed by atoms with Gasteiger partial charge in [0.2, 0.25) is 0 Å². The molecule has 0 aromatic heterocycles. The first-order chi connectivity index (χ1) is 12.7. The highest BCUT2D eigenvalue weighted by Crippen LogP contribution is 2.15. The molecule has 1 rings (SSSR count). The fraction of sp³-hybridized carbons (Fsp3) is 0.591. The fourth-order valence-corrected chi connectivity index (χ4v) is 2.68. The van der Waals surface area contributed by atoms with Crippen LogP contribution in [-0.2, 0) is 16.0 Å². The van der Waals surface area contributed by atoms with Crippen molar-refractivity contribution >= 4 is 5.97 Å². The summed E-state index contributed by atoms with van der Waals surface area (Å²) in [5, 5.41) is 8.77. The zero-order valence-electron chi connectivity index (χ0n) is 16.2. The highest BCUT2D eigenvalue weighted by molar-refractivity contribution is 5.87. The lowest BCUT2D eigenvalue weighted by atomic mass is 10.0. The first kappa shape index (κ1) is 22.2. The van der Waals surface area contributed by atoms with Crippen LogP contribution >= 0.6 is 0 Å². The van der Waals surface area contributed by atoms with Crippen molar-refractivity contribution < 1.29 is 19.4 Å². The largest absolute Gasteiger partial charge is 0.490 e. The summed E-state index contributed by atoms with van der Waals surface area (Å²) in [6.45, 7) is 5.69. The number of hydrogen-bond acceptors (Lipinski definition) is 4. The molecular formula is C22H34O4. The Kier molecular flexibility index (Phi) is 12.3. The molecule has 0 saturated heterocycles. The Morgan fingerprint density at radius 2 is 1.58 bits per heavy atom. The molecule has 0 aliphatic carbocycles. The molecule has 4 heteroatoms. The minimum absolute atomic E-state index is 0.0512. The van der Waals surface area contributed by atoms with E-state index < -0.39 is 5.97 Å². The summed E-state index contributed by atoms with van der Waals surface area (Å²) in [4.78, 5) is 11.3. The molecule has 0 heterocycles. The summed E-state index contributed by atoms with van der Waals surface area (Å²) < 4.78 is 10.5. The number of ether oxygens (including phenoxy) is 2. The van der Waals surface area contributed by atoms with Gasteiger partial charge in [-0.25, -0.2) is 4.79 Å². The molecule has 1 aromatic carbocycles. The van der Waals surface area contributed by atoms with Crippen LogP contribution in [-0.4, -0.2) is 30.9 Å². The monoisotopic (exact) mass is 362 g/mol. The fourth-order valence-electron chi connectivity index (χ4n) is 2.68. The number of carbonyl (C=O) groups is 1. The highest BCUT2D eigenvalue weighted by Gasteiger charge is 2.06. The van der Waals surface area contributed by atoms with Crippen LogP contribution in [0.3, 0.4) is 0 Å². The Hall–Kier alpha value is -1.81. The molecule has 0 unspecified atom stereocenters. The number of aliphatic hydroxyl groups is 1. The Balaban J connectivity index is 2.10. The molecular weight excluding hydrogens is 328 g/mol. The van der Waals surface area contributed by atoms with Crippen LogP contribution < -0.4 is 4.74 Å². The molecule has 0 spiro atoms. The lowest BCUT2D eigenvalue weighted by molar-refractivity contribution is -0.140. The normalized spacial score (nSPS) is 10.5. The lowest BCUT2D eigenvalue weighted by Gasteiger charge is -2.08. The van der Waals surface area contributed by atoms with E-state index in [-0.39, 0.29) is 25.4 Å². The van der Waals surface area contributed by atoms with Gasteiger partial charge in [0.1, 0.15) is 19.0 Å². The van der Waals surface area contributed by atoms with E-state index in [0.717, 1.165) is 12.2 Å². The molecule has 26 heavy (non-hydrogen) atoms. The number of hydrogen-bond donors (Lipinski definition) is 1. The number of rotatable bonds is 15. The van der Waals surface area contributed by atoms with E-state index in [1.165, 1.54) is 56.9 Å². The zero-order valence-corrected chi connectivity index (χ0v) is 16.2. The van der Waals surface area contributed by atoms with E-state index >= 15 is 0 Å². The lowest BCUT2D eigenvalue weighted by Crippen LogP contribution is -2.14. The maximum Gasteiger partial charge on any atom is 0.335 e. The minimum atomic E-state index is -0.586. The van der Waals surface area contributed by atoms with Crippen molar-refractivity contribution in [3.63, 3.8) is 0 Å². The average molecular weight is 363 g/mol. The van der Waals surface area contributed by atoms with Gasteiger partial charge in [0.05, 0.1) is 12.2 Å². The van der Waals surface area contributed by atoms with Gasteiger partial charge >= 0.3 is 5.97 Å². The van der Waals surface area contributed by atoms with Crippen molar-refractivity contribution in [3.05, 3.63) is 42.0 Å². The van der Waals surface area contributed by atoms with E-state index in [9.17, 15) is 4.79 Å². The smallest absolute Gasteiger partial charge is 0.335 e. The third-order valence-corrected chi connectivity index (χ3v) is 4.31. The van der Waals surface area contributed by atoms with Crippen molar-refractivity contribution in [1.82, 2.24) is 0 Å². The maximum atomic E-state index is 11.3. The molecule has 1 N–H and O–H groups in total. The van der Waals surface area contributed by atoms with Gasteiger partial charge in [0.25, 0.3) is 0 Å². The Morgan fingerprint density at radius 1 is 0.962 bits per heavy atom. The van der Waals surface area contributed by atoms with Crippen LogP contribution in [0.4, 0.5) is 0 Å². The van der Waals surface area contributed by atoms with Crippen LogP contribution in [0.1, 0.15) is 63.9 Å². The van der Waals surface area contributed by atoms with Crippen molar-refractivity contribution in [3.8, 4) is 5.75 Å². The van der Waals surface area contributed by atoms with E-state index in [1.54, 1.807) is 0 Å². The van der Waals surface area contributed by atoms with Gasteiger partial charge in [-0.1, -0.05) is 70.6 Å². The number of aliphatic hydroxyl groups excluding tert-OH is 1. The number of benzene rings is 1. The second-order valence-corrected chi connectivity index (χ2v) is 6.61. The van der Waals surface area contributed by atoms with Gasteiger partial charge in [-0.15, -0.1) is 0 Å². The summed E-state index contributed by atoms with van der Waals surface area (Å²) in [5.41, 5.74) is 1.38. The molecule has 0 saturated carbocycles. The van der Waals surface area contributed by atoms with Gasteiger partial charge in [-0.05, 0) is 30.5 Å². The van der Waals surface area contributed by atoms with Crippen molar-refractivity contribution in [2.24, 2.45) is 0 Å². The summed E-state index contributed by atoms with van der Waals surface area (Å²) in [5.74, 6) is 0.179. The third kappa shape index (κ3) is 10.2. The second-order valence-electron chi connectivity index (χ2n) is 6.61. The topological polar surface area (TPSA) is 55.8 Å². The molecule has 0 radical (unpaired) electrons. The number of esters is 1.